The minimum absolute atomic E-state index is 0.246. The minimum atomic E-state index is -0.702. The van der Waals surface area contributed by atoms with Crippen molar-refractivity contribution >= 4 is 6.09 Å². The molecule has 0 aromatic rings. The summed E-state index contributed by atoms with van der Waals surface area (Å²) in [6.45, 7) is 0. The van der Waals surface area contributed by atoms with Crippen molar-refractivity contribution in [3.8, 4) is 0 Å². The largest absolute Gasteiger partial charge is 0.465 e. The smallest absolute Gasteiger partial charge is 0.407 e. The highest BCUT2D eigenvalue weighted by molar-refractivity contribution is 5.66. The molecule has 4 aliphatic rings. The van der Waals surface area contributed by atoms with Crippen LogP contribution in [0, 0.1) is 23.7 Å². The van der Waals surface area contributed by atoms with Gasteiger partial charge in [0.2, 0.25) is 0 Å². The molecular formula is C15H19NO2. The zero-order valence-corrected chi connectivity index (χ0v) is 10.4. The van der Waals surface area contributed by atoms with Crippen LogP contribution in [-0.4, -0.2) is 28.2 Å². The fraction of sp³-hybridized carbons (Fsp3) is 0.667. The van der Waals surface area contributed by atoms with Gasteiger partial charge in [-0.15, -0.1) is 0 Å². The van der Waals surface area contributed by atoms with Gasteiger partial charge in [0.1, 0.15) is 0 Å². The normalized spacial score (nSPS) is 47.1. The highest BCUT2D eigenvalue weighted by Crippen LogP contribution is 2.47. The Morgan fingerprint density at radius 3 is 1.67 bits per heavy atom. The molecule has 1 amide bonds. The third-order valence-corrected chi connectivity index (χ3v) is 5.42. The minimum Gasteiger partial charge on any atom is -0.465 e. The predicted molar refractivity (Wildman–Crippen MR) is 68.1 cm³/mol. The number of carbonyl (C=O) groups is 1. The SMILES string of the molecule is O=C(O)N(C1CC2C=CC1C2)C1CC2C=CC1C2. The van der Waals surface area contributed by atoms with Gasteiger partial charge in [0.15, 0.2) is 0 Å². The van der Waals surface area contributed by atoms with E-state index in [-0.39, 0.29) is 12.1 Å². The van der Waals surface area contributed by atoms with Gasteiger partial charge < -0.3 is 10.0 Å². The van der Waals surface area contributed by atoms with Gasteiger partial charge in [-0.3, -0.25) is 0 Å². The number of rotatable bonds is 2. The van der Waals surface area contributed by atoms with E-state index in [4.69, 9.17) is 0 Å². The molecule has 0 radical (unpaired) electrons. The van der Waals surface area contributed by atoms with Gasteiger partial charge in [0, 0.05) is 12.1 Å². The van der Waals surface area contributed by atoms with Gasteiger partial charge in [-0.1, -0.05) is 24.3 Å². The molecule has 0 aromatic heterocycles. The van der Waals surface area contributed by atoms with Crippen LogP contribution >= 0.6 is 0 Å². The average molecular weight is 245 g/mol. The Morgan fingerprint density at radius 1 is 0.889 bits per heavy atom. The number of fused-ring (bicyclic) bond motifs is 4. The maximum absolute atomic E-state index is 11.7. The lowest BCUT2D eigenvalue weighted by molar-refractivity contribution is 0.0802. The molecule has 2 saturated carbocycles. The average Bonchev–Trinajstić information content (AvgIpc) is 3.09. The van der Waals surface area contributed by atoms with Crippen molar-refractivity contribution in [1.29, 1.82) is 0 Å². The zero-order chi connectivity index (χ0) is 12.3. The van der Waals surface area contributed by atoms with E-state index in [1.807, 2.05) is 4.90 Å². The monoisotopic (exact) mass is 245 g/mol. The molecular weight excluding hydrogens is 226 g/mol. The Balaban J connectivity index is 1.60. The van der Waals surface area contributed by atoms with Crippen LogP contribution in [-0.2, 0) is 0 Å². The maximum atomic E-state index is 11.7. The topological polar surface area (TPSA) is 40.5 Å². The van der Waals surface area contributed by atoms with E-state index in [2.05, 4.69) is 24.3 Å². The van der Waals surface area contributed by atoms with Gasteiger partial charge in [-0.2, -0.15) is 0 Å². The first-order valence-corrected chi connectivity index (χ1v) is 7.10. The fourth-order valence-corrected chi connectivity index (χ4v) is 4.67. The summed E-state index contributed by atoms with van der Waals surface area (Å²) in [6, 6.07) is 0.491. The summed E-state index contributed by atoms with van der Waals surface area (Å²) in [4.78, 5) is 13.5. The molecule has 0 aliphatic heterocycles. The second-order valence-electron chi connectivity index (χ2n) is 6.39. The van der Waals surface area contributed by atoms with E-state index >= 15 is 0 Å². The maximum Gasteiger partial charge on any atom is 0.407 e. The number of carboxylic acid groups (broad SMARTS) is 1. The fourth-order valence-electron chi connectivity index (χ4n) is 4.67. The van der Waals surface area contributed by atoms with Crippen LogP contribution in [0.5, 0.6) is 0 Å². The Kier molecular flexibility index (Phi) is 2.14. The Hall–Kier alpha value is -1.25. The molecule has 0 heterocycles. The van der Waals surface area contributed by atoms with Crippen molar-refractivity contribution in [2.45, 2.75) is 37.8 Å². The lowest BCUT2D eigenvalue weighted by Crippen LogP contribution is -2.49. The molecule has 0 spiro atoms. The zero-order valence-electron chi connectivity index (χ0n) is 10.4. The van der Waals surface area contributed by atoms with Crippen LogP contribution < -0.4 is 0 Å². The first-order valence-electron chi connectivity index (χ1n) is 7.10. The second kappa shape index (κ2) is 3.62. The highest BCUT2D eigenvalue weighted by atomic mass is 16.4. The van der Waals surface area contributed by atoms with E-state index in [1.54, 1.807) is 0 Å². The van der Waals surface area contributed by atoms with Crippen molar-refractivity contribution in [2.24, 2.45) is 23.7 Å². The van der Waals surface area contributed by atoms with Crippen LogP contribution in [0.3, 0.4) is 0 Å². The number of hydrogen-bond acceptors (Lipinski definition) is 1. The molecule has 4 rings (SSSR count). The molecule has 1 N–H and O–H groups in total. The van der Waals surface area contributed by atoms with Gasteiger partial charge >= 0.3 is 6.09 Å². The van der Waals surface area contributed by atoms with Gasteiger partial charge in [-0.05, 0) is 49.4 Å². The lowest BCUT2D eigenvalue weighted by atomic mass is 9.93. The van der Waals surface area contributed by atoms with Crippen LogP contribution in [0.25, 0.3) is 0 Å². The van der Waals surface area contributed by atoms with Gasteiger partial charge in [-0.25, -0.2) is 4.79 Å². The third-order valence-electron chi connectivity index (χ3n) is 5.42. The van der Waals surface area contributed by atoms with Crippen LogP contribution in [0.15, 0.2) is 24.3 Å². The summed E-state index contributed by atoms with van der Waals surface area (Å²) in [5, 5.41) is 9.63. The summed E-state index contributed by atoms with van der Waals surface area (Å²) >= 11 is 0. The molecule has 3 nitrogen and oxygen atoms in total. The summed E-state index contributed by atoms with van der Waals surface area (Å²) < 4.78 is 0. The van der Waals surface area contributed by atoms with E-state index in [9.17, 15) is 9.90 Å². The van der Waals surface area contributed by atoms with Gasteiger partial charge in [0.25, 0.3) is 0 Å². The van der Waals surface area contributed by atoms with Crippen molar-refractivity contribution < 1.29 is 9.90 Å². The van der Waals surface area contributed by atoms with E-state index in [1.165, 1.54) is 12.8 Å². The van der Waals surface area contributed by atoms with Crippen molar-refractivity contribution in [3.05, 3.63) is 24.3 Å². The number of hydrogen-bond donors (Lipinski definition) is 1. The third kappa shape index (κ3) is 1.39. The standard InChI is InChI=1S/C15H19NO2/c17-15(18)16(13-7-9-1-3-11(13)5-9)14-8-10-2-4-12(14)6-10/h1-4,9-14H,5-8H2,(H,17,18). The molecule has 2 fully saturated rings. The first kappa shape index (κ1) is 10.7. The molecule has 6 unspecified atom stereocenters. The van der Waals surface area contributed by atoms with Crippen LogP contribution in [0.2, 0.25) is 0 Å². The summed E-state index contributed by atoms with van der Waals surface area (Å²) in [6.07, 6.45) is 12.8. The first-order chi connectivity index (χ1) is 8.72. The van der Waals surface area contributed by atoms with E-state index in [0.29, 0.717) is 23.7 Å². The molecule has 0 saturated heterocycles. The highest BCUT2D eigenvalue weighted by Gasteiger charge is 2.48. The van der Waals surface area contributed by atoms with Crippen molar-refractivity contribution in [1.82, 2.24) is 4.90 Å². The molecule has 0 aromatic carbocycles. The van der Waals surface area contributed by atoms with Crippen molar-refractivity contribution in [3.63, 3.8) is 0 Å². The summed E-state index contributed by atoms with van der Waals surface area (Å²) in [5.74, 6) is 2.23. The number of nitrogens with zero attached hydrogens (tertiary/aromatic N) is 1. The van der Waals surface area contributed by atoms with E-state index < -0.39 is 6.09 Å². The van der Waals surface area contributed by atoms with Crippen molar-refractivity contribution in [2.75, 3.05) is 0 Å². The molecule has 96 valence electrons. The number of allylic oxidation sites excluding steroid dienone is 2. The molecule has 3 heteroatoms. The Bertz CT molecular complexity index is 408. The molecule has 4 aliphatic carbocycles. The predicted octanol–water partition coefficient (Wildman–Crippen LogP) is 2.90. The van der Waals surface area contributed by atoms with Crippen LogP contribution in [0.4, 0.5) is 4.79 Å². The Morgan fingerprint density at radius 2 is 1.39 bits per heavy atom. The molecule has 4 bridgehead atoms. The van der Waals surface area contributed by atoms with Crippen LogP contribution in [0.1, 0.15) is 25.7 Å². The molecule has 6 atom stereocenters. The Labute approximate surface area is 107 Å². The van der Waals surface area contributed by atoms with E-state index in [0.717, 1.165) is 12.8 Å². The summed E-state index contributed by atoms with van der Waals surface area (Å²) in [5.41, 5.74) is 0. The molecule has 18 heavy (non-hydrogen) atoms. The second-order valence-corrected chi connectivity index (χ2v) is 6.39. The summed E-state index contributed by atoms with van der Waals surface area (Å²) in [7, 11) is 0. The quantitative estimate of drug-likeness (QED) is 0.760. The number of amides is 1. The lowest BCUT2D eigenvalue weighted by Gasteiger charge is -2.38. The van der Waals surface area contributed by atoms with Gasteiger partial charge in [0.05, 0.1) is 0 Å².